The molecule has 1 heteroatoms. The zero-order valence-corrected chi connectivity index (χ0v) is 24.1. The molecule has 1 nitrogen and oxygen atoms in total. The highest BCUT2D eigenvalue weighted by Crippen LogP contribution is 2.43. The minimum atomic E-state index is -1.07. The van der Waals surface area contributed by atoms with E-state index in [0.29, 0.717) is 0 Å². The molecule has 0 saturated carbocycles. The molecule has 0 aliphatic heterocycles. The van der Waals surface area contributed by atoms with Crippen molar-refractivity contribution in [1.29, 1.82) is 0 Å². The van der Waals surface area contributed by atoms with Crippen molar-refractivity contribution in [3.05, 3.63) is 180 Å². The zero-order chi connectivity index (χ0) is 56.0. The van der Waals surface area contributed by atoms with Gasteiger partial charge >= 0.3 is 0 Å². The Morgan fingerprint density at radius 1 is 0.438 bits per heavy atom. The summed E-state index contributed by atoms with van der Waals surface area (Å²) in [7, 11) is 0. The average Bonchev–Trinajstić information content (AvgIpc) is 3.80. The molecule has 0 spiro atoms. The van der Waals surface area contributed by atoms with Crippen LogP contribution in [0.3, 0.4) is 0 Å². The Kier molecular flexibility index (Phi) is 2.50. The van der Waals surface area contributed by atoms with Crippen molar-refractivity contribution in [2.75, 3.05) is 0 Å². The second-order valence-electron chi connectivity index (χ2n) is 10.6. The monoisotopic (exact) mass is 638 g/mol. The molecule has 0 N–H and O–H groups in total. The fourth-order valence-corrected chi connectivity index (χ4v) is 5.93. The first-order valence-electron chi connectivity index (χ1n) is 28.4. The minimum Gasteiger partial charge on any atom is -0.455 e. The second kappa shape index (κ2) is 10.7. The van der Waals surface area contributed by atoms with Crippen LogP contribution in [0.4, 0.5) is 0 Å². The number of rotatable bonds is 4. The van der Waals surface area contributed by atoms with E-state index in [1.54, 1.807) is 0 Å². The van der Waals surface area contributed by atoms with Gasteiger partial charge in [0.15, 0.2) is 0 Å². The summed E-state index contributed by atoms with van der Waals surface area (Å²) >= 11 is 0. The minimum absolute atomic E-state index is 0.412. The third-order valence-electron chi connectivity index (χ3n) is 8.01. The molecule has 0 saturated heterocycles. The number of fused-ring (bicyclic) bond motifs is 8. The Balaban J connectivity index is 1.38. The molecule has 10 aromatic rings. The lowest BCUT2D eigenvalue weighted by Gasteiger charge is -2.18. The van der Waals surface area contributed by atoms with E-state index in [-0.39, 0.29) is 0 Å². The molecule has 1 aromatic heterocycles. The molecular weight excluding hydrogens is 581 g/mol. The quantitative estimate of drug-likeness (QED) is 0.175. The van der Waals surface area contributed by atoms with Crippen LogP contribution in [0.15, 0.2) is 174 Å². The lowest BCUT2D eigenvalue weighted by Crippen LogP contribution is -1.95. The first-order valence-corrected chi connectivity index (χ1v) is 14.4. The summed E-state index contributed by atoms with van der Waals surface area (Å²) in [5.74, 6) is 0. The van der Waals surface area contributed by atoms with Crippen LogP contribution in [-0.4, -0.2) is 0 Å². The third kappa shape index (κ3) is 4.18. The van der Waals surface area contributed by atoms with Crippen LogP contribution < -0.4 is 0 Å². The first kappa shape index (κ1) is 11.2. The van der Waals surface area contributed by atoms with Crippen molar-refractivity contribution in [3.63, 3.8) is 0 Å². The van der Waals surface area contributed by atoms with E-state index < -0.39 is 274 Å². The number of hydrogen-bond acceptors (Lipinski definition) is 1. The van der Waals surface area contributed by atoms with Crippen LogP contribution in [0, 0.1) is 0 Å². The molecule has 0 fully saturated rings. The number of hydrogen-bond donors (Lipinski definition) is 0. The van der Waals surface area contributed by atoms with Crippen molar-refractivity contribution >= 4 is 65.0 Å². The Morgan fingerprint density at radius 3 is 1.79 bits per heavy atom. The van der Waals surface area contributed by atoms with Crippen molar-refractivity contribution in [1.82, 2.24) is 0 Å². The summed E-state index contributed by atoms with van der Waals surface area (Å²) in [6, 6.07) is -23.9. The van der Waals surface area contributed by atoms with Crippen LogP contribution in [0.5, 0.6) is 0 Å². The van der Waals surface area contributed by atoms with Crippen molar-refractivity contribution in [2.24, 2.45) is 0 Å². The molecule has 0 amide bonds. The van der Waals surface area contributed by atoms with Gasteiger partial charge in [0.05, 0.1) is 38.4 Å². The normalized spacial score (nSPS) is 20.0. The van der Waals surface area contributed by atoms with Gasteiger partial charge in [0.1, 0.15) is 11.2 Å². The molecule has 1 heterocycles. The van der Waals surface area contributed by atoms with Crippen LogP contribution in [0.2, 0.25) is 0 Å². The predicted octanol–water partition coefficient (Wildman–Crippen LogP) is 13.1. The Morgan fingerprint density at radius 2 is 1.04 bits per heavy atom. The molecular formula is C47H30O. The van der Waals surface area contributed by atoms with Crippen molar-refractivity contribution in [3.8, 4) is 22.3 Å². The molecule has 0 aliphatic carbocycles. The predicted molar refractivity (Wildman–Crippen MR) is 204 cm³/mol. The van der Waals surface area contributed by atoms with E-state index in [9.17, 15) is 13.7 Å². The first-order chi connectivity index (χ1) is 35.5. The summed E-state index contributed by atoms with van der Waals surface area (Å²) in [6.45, 7) is 0. The van der Waals surface area contributed by atoms with Crippen LogP contribution in [0.25, 0.3) is 87.3 Å². The third-order valence-corrected chi connectivity index (χ3v) is 8.01. The summed E-state index contributed by atoms with van der Waals surface area (Å²) in [5.41, 5.74) is -4.94. The Bertz CT molecular complexity index is 4350. The summed E-state index contributed by atoms with van der Waals surface area (Å²) in [4.78, 5) is 0. The van der Waals surface area contributed by atoms with Crippen LogP contribution >= 0.6 is 0 Å². The topological polar surface area (TPSA) is 13.1 Å². The molecule has 0 bridgehead atoms. The Hall–Kier alpha value is -6.18. The van der Waals surface area contributed by atoms with Gasteiger partial charge in [-0.3, -0.25) is 0 Å². The number of benzene rings is 9. The fraction of sp³-hybridized carbons (Fsp3) is 0.0213. The van der Waals surface area contributed by atoms with Gasteiger partial charge in [-0.05, 0) is 89.6 Å². The van der Waals surface area contributed by atoms with Gasteiger partial charge < -0.3 is 4.42 Å². The number of furan rings is 1. The van der Waals surface area contributed by atoms with E-state index in [2.05, 4.69) is 0 Å². The smallest absolute Gasteiger partial charge is 0.143 e. The van der Waals surface area contributed by atoms with Gasteiger partial charge in [-0.25, -0.2) is 0 Å². The maximum absolute atomic E-state index is 9.66. The highest BCUT2D eigenvalue weighted by atomic mass is 16.3. The van der Waals surface area contributed by atoms with Gasteiger partial charge in [-0.2, -0.15) is 0 Å². The largest absolute Gasteiger partial charge is 0.455 e. The van der Waals surface area contributed by atoms with Gasteiger partial charge in [0.2, 0.25) is 0 Å². The highest BCUT2D eigenvalue weighted by Gasteiger charge is 2.18. The molecule has 0 aliphatic rings. The summed E-state index contributed by atoms with van der Waals surface area (Å²) in [6.07, 6.45) is -0.860. The van der Waals surface area contributed by atoms with Crippen LogP contribution in [-0.2, 0) is 6.42 Å². The maximum atomic E-state index is 9.66. The molecule has 10 rings (SSSR count). The van der Waals surface area contributed by atoms with Gasteiger partial charge in [-0.15, -0.1) is 0 Å². The second-order valence-corrected chi connectivity index (χ2v) is 10.6. The van der Waals surface area contributed by atoms with E-state index in [1.165, 1.54) is 0 Å². The van der Waals surface area contributed by atoms with Crippen LogP contribution in [0.1, 0.15) is 49.5 Å². The molecule has 9 aromatic carbocycles. The van der Waals surface area contributed by atoms with E-state index in [4.69, 9.17) is 29.1 Å². The standard InChI is InChI=1S/C47H30O/c1-2-12-35-28-30(20-21-31(35)10-1)29-43-38-14-5-7-16-40(38)45(41-17-8-6-15-39(41)43)34-24-22-33(23-25-34)36-18-9-19-44-46(36)42-27-26-32-11-3-4-13-37(32)47(42)48-44/h1-28H,29H2/i1D,2D,3D,4D,5D,6D,7D,8D,9D,10D,11D,12D,13D,14D,15D,16D,17D,18D,19D,20D,21D,22D,23D,24D,25D,26D,27D,28D. The van der Waals surface area contributed by atoms with Crippen molar-refractivity contribution < 1.29 is 42.8 Å². The molecule has 224 valence electrons. The van der Waals surface area contributed by atoms with E-state index >= 15 is 0 Å². The van der Waals surface area contributed by atoms with Gasteiger partial charge in [0.25, 0.3) is 0 Å². The van der Waals surface area contributed by atoms with Gasteiger partial charge in [0, 0.05) is 16.2 Å². The Labute approximate surface area is 317 Å². The highest BCUT2D eigenvalue weighted by molar-refractivity contribution is 6.19. The maximum Gasteiger partial charge on any atom is 0.143 e. The lowest BCUT2D eigenvalue weighted by molar-refractivity contribution is 0.673. The van der Waals surface area contributed by atoms with E-state index in [0.717, 1.165) is 0 Å². The SMILES string of the molecule is [2H]c1c([2H])c(-c2c([2H])c([2H])c([2H])c3oc4c5c([2H])c([2H])c([2H])c([2H])c5c([2H])c([2H])c4c23)c([2H])c([2H])c1-c1c2c([2H])c([2H])c([2H])c([2H])c2c(Cc2c([2H])c([2H])c3c([2H])c([2H])c([2H])c([2H])c3c2[2H])c2c([2H])c([2H])c([2H])c([2H])c12. The molecule has 0 atom stereocenters. The van der Waals surface area contributed by atoms with Gasteiger partial charge in [-0.1, -0.05) is 157 Å². The van der Waals surface area contributed by atoms with Crippen molar-refractivity contribution in [2.45, 2.75) is 6.42 Å². The van der Waals surface area contributed by atoms with E-state index in [1.807, 2.05) is 0 Å². The molecule has 0 radical (unpaired) electrons. The zero-order valence-electron chi connectivity index (χ0n) is 52.1. The lowest BCUT2D eigenvalue weighted by atomic mass is 9.86. The fourth-order valence-electron chi connectivity index (χ4n) is 5.93. The average molecular weight is 639 g/mol. The molecule has 48 heavy (non-hydrogen) atoms. The summed E-state index contributed by atoms with van der Waals surface area (Å²) in [5, 5.41) is -5.19. The molecule has 0 unspecified atom stereocenters. The summed E-state index contributed by atoms with van der Waals surface area (Å²) < 4.78 is 257.